The van der Waals surface area contributed by atoms with Crippen LogP contribution in [-0.2, 0) is 22.5 Å². The molecule has 2 aromatic rings. The number of fused-ring (bicyclic) bond motifs is 2. The number of nitrogens with zero attached hydrogens (tertiary/aromatic N) is 1. The summed E-state index contributed by atoms with van der Waals surface area (Å²) in [4.78, 5) is 12.2. The van der Waals surface area contributed by atoms with E-state index in [1.807, 2.05) is 24.4 Å². The Kier molecular flexibility index (Phi) is 6.51. The molecule has 1 aromatic heterocycles. The summed E-state index contributed by atoms with van der Waals surface area (Å²) in [6.45, 7) is 0.784. The lowest BCUT2D eigenvalue weighted by molar-refractivity contribution is -0.150. The highest BCUT2D eigenvalue weighted by Gasteiger charge is 2.30. The number of carbonyl (C=O) groups excluding carboxylic acids is 1. The number of esters is 1. The van der Waals surface area contributed by atoms with Gasteiger partial charge in [-0.3, -0.25) is 4.79 Å². The minimum atomic E-state index is -0.808. The summed E-state index contributed by atoms with van der Waals surface area (Å²) in [6, 6.07) is 12.4. The predicted octanol–water partition coefficient (Wildman–Crippen LogP) is 4.26. The van der Waals surface area contributed by atoms with Gasteiger partial charge in [0.05, 0.1) is 19.1 Å². The molecule has 0 amide bonds. The van der Waals surface area contributed by atoms with Crippen LogP contribution in [-0.4, -0.2) is 22.8 Å². The predicted molar refractivity (Wildman–Crippen MR) is 102 cm³/mol. The van der Waals surface area contributed by atoms with Crippen molar-refractivity contribution in [3.63, 3.8) is 0 Å². The molecule has 3 rings (SSSR count). The first-order valence-corrected chi connectivity index (χ1v) is 9.68. The highest BCUT2D eigenvalue weighted by Crippen LogP contribution is 2.31. The first-order chi connectivity index (χ1) is 12.7. The molecule has 2 atom stereocenters. The third kappa shape index (κ3) is 4.55. The molecular formula is C22H29NO3. The maximum atomic E-state index is 12.2. The van der Waals surface area contributed by atoms with Crippen LogP contribution in [0.3, 0.4) is 0 Å². The van der Waals surface area contributed by atoms with Crippen LogP contribution in [0.15, 0.2) is 42.6 Å². The largest absolute Gasteiger partial charge is 0.469 e. The molecule has 2 bridgehead atoms. The van der Waals surface area contributed by atoms with Crippen LogP contribution in [0.5, 0.6) is 0 Å². The van der Waals surface area contributed by atoms with E-state index in [2.05, 4.69) is 22.8 Å². The van der Waals surface area contributed by atoms with Crippen molar-refractivity contribution in [3.8, 4) is 0 Å². The zero-order valence-corrected chi connectivity index (χ0v) is 15.6. The molecule has 1 N–H and O–H groups in total. The van der Waals surface area contributed by atoms with E-state index in [9.17, 15) is 9.90 Å². The Bertz CT molecular complexity index is 707. The third-order valence-electron chi connectivity index (χ3n) is 5.38. The Morgan fingerprint density at radius 3 is 2.65 bits per heavy atom. The van der Waals surface area contributed by atoms with Gasteiger partial charge in [0, 0.05) is 18.4 Å². The van der Waals surface area contributed by atoms with E-state index in [0.717, 1.165) is 37.8 Å². The zero-order valence-electron chi connectivity index (χ0n) is 15.6. The summed E-state index contributed by atoms with van der Waals surface area (Å²) >= 11 is 0. The molecule has 0 fully saturated rings. The zero-order chi connectivity index (χ0) is 18.4. The Labute approximate surface area is 155 Å². The number of rotatable bonds is 3. The molecule has 1 aromatic carbocycles. The fourth-order valence-corrected chi connectivity index (χ4v) is 3.87. The van der Waals surface area contributed by atoms with E-state index < -0.39 is 12.0 Å². The summed E-state index contributed by atoms with van der Waals surface area (Å²) in [5.41, 5.74) is 3.29. The lowest BCUT2D eigenvalue weighted by Gasteiger charge is -2.20. The van der Waals surface area contributed by atoms with Crippen molar-refractivity contribution < 1.29 is 14.6 Å². The molecule has 0 saturated carbocycles. The average molecular weight is 355 g/mol. The number of benzene rings is 1. The maximum Gasteiger partial charge on any atom is 0.311 e. The summed E-state index contributed by atoms with van der Waals surface area (Å²) in [6.07, 6.45) is 8.48. The van der Waals surface area contributed by atoms with Gasteiger partial charge in [-0.05, 0) is 36.5 Å². The fourth-order valence-electron chi connectivity index (χ4n) is 3.87. The number of methoxy groups -OCH3 is 1. The van der Waals surface area contributed by atoms with Crippen molar-refractivity contribution in [2.45, 2.75) is 57.6 Å². The first kappa shape index (κ1) is 18.7. The smallest absolute Gasteiger partial charge is 0.311 e. The van der Waals surface area contributed by atoms with Crippen LogP contribution in [0.4, 0.5) is 0 Å². The van der Waals surface area contributed by atoms with Crippen molar-refractivity contribution >= 4 is 5.97 Å². The second-order valence-corrected chi connectivity index (χ2v) is 7.26. The monoisotopic (exact) mass is 355 g/mol. The van der Waals surface area contributed by atoms with Gasteiger partial charge < -0.3 is 14.4 Å². The number of aliphatic hydroxyl groups excluding tert-OH is 1. The summed E-state index contributed by atoms with van der Waals surface area (Å²) in [7, 11) is 1.40. The Balaban J connectivity index is 1.89. The summed E-state index contributed by atoms with van der Waals surface area (Å²) in [5, 5.41) is 10.9. The summed E-state index contributed by atoms with van der Waals surface area (Å²) < 4.78 is 7.18. The van der Waals surface area contributed by atoms with Crippen molar-refractivity contribution in [2.75, 3.05) is 7.11 Å². The lowest BCUT2D eigenvalue weighted by Crippen LogP contribution is -2.23. The summed E-state index contributed by atoms with van der Waals surface area (Å²) in [5.74, 6) is -0.799. The second-order valence-electron chi connectivity index (χ2n) is 7.26. The van der Waals surface area contributed by atoms with Crippen molar-refractivity contribution in [1.29, 1.82) is 0 Å². The lowest BCUT2D eigenvalue weighted by atomic mass is 9.91. The van der Waals surface area contributed by atoms with E-state index in [-0.39, 0.29) is 5.97 Å². The molecular weight excluding hydrogens is 326 g/mol. The van der Waals surface area contributed by atoms with Gasteiger partial charge in [-0.15, -0.1) is 0 Å². The van der Waals surface area contributed by atoms with E-state index in [1.165, 1.54) is 31.2 Å². The van der Waals surface area contributed by atoms with Crippen LogP contribution in [0, 0.1) is 5.92 Å². The average Bonchev–Trinajstić information content (AvgIpc) is 3.06. The second kappa shape index (κ2) is 9.04. The molecule has 0 saturated heterocycles. The fraction of sp³-hybridized carbons (Fsp3) is 0.500. The number of aryl methyl sites for hydroxylation is 1. The van der Waals surface area contributed by atoms with E-state index in [1.54, 1.807) is 0 Å². The van der Waals surface area contributed by atoms with Gasteiger partial charge in [0.1, 0.15) is 0 Å². The Hall–Kier alpha value is -2.07. The van der Waals surface area contributed by atoms with Crippen LogP contribution in [0.2, 0.25) is 0 Å². The van der Waals surface area contributed by atoms with Gasteiger partial charge in [0.15, 0.2) is 0 Å². The molecule has 4 heteroatoms. The molecule has 1 aliphatic rings. The first-order valence-electron chi connectivity index (χ1n) is 9.68. The van der Waals surface area contributed by atoms with Crippen molar-refractivity contribution in [3.05, 3.63) is 59.4 Å². The van der Waals surface area contributed by atoms with Crippen molar-refractivity contribution in [2.24, 2.45) is 5.92 Å². The molecule has 4 nitrogen and oxygen atoms in total. The molecule has 1 heterocycles. The maximum absolute atomic E-state index is 12.2. The van der Waals surface area contributed by atoms with Gasteiger partial charge in [-0.1, -0.05) is 56.0 Å². The molecule has 0 aliphatic heterocycles. The van der Waals surface area contributed by atoms with Crippen LogP contribution >= 0.6 is 0 Å². The van der Waals surface area contributed by atoms with Gasteiger partial charge in [0.2, 0.25) is 0 Å². The number of hydrogen-bond acceptors (Lipinski definition) is 3. The van der Waals surface area contributed by atoms with Gasteiger partial charge >= 0.3 is 5.97 Å². The molecule has 140 valence electrons. The standard InChI is InChI=1S/C22H29NO3/c1-26-22(25)20-13-9-4-2-3-8-12-19-14-18(21(20)24)16-23(19)15-17-10-6-5-7-11-17/h5-7,10-11,14,16,20-21,24H,2-4,8-9,12-13,15H2,1H3. The quantitative estimate of drug-likeness (QED) is 0.837. The molecule has 2 unspecified atom stereocenters. The van der Waals surface area contributed by atoms with Crippen LogP contribution in [0.1, 0.15) is 61.4 Å². The Morgan fingerprint density at radius 1 is 1.15 bits per heavy atom. The minimum Gasteiger partial charge on any atom is -0.469 e. The van der Waals surface area contributed by atoms with Crippen molar-refractivity contribution in [1.82, 2.24) is 4.57 Å². The number of carbonyl (C=O) groups is 1. The third-order valence-corrected chi connectivity index (χ3v) is 5.38. The molecule has 1 aliphatic carbocycles. The minimum absolute atomic E-state index is 0.313. The highest BCUT2D eigenvalue weighted by molar-refractivity contribution is 5.73. The van der Waals surface area contributed by atoms with E-state index >= 15 is 0 Å². The van der Waals surface area contributed by atoms with Gasteiger partial charge in [-0.2, -0.15) is 0 Å². The SMILES string of the molecule is COC(=O)C1CCCCCCCc2cc(cn2Cc2ccccc2)C1O. The number of hydrogen-bond donors (Lipinski definition) is 1. The van der Waals surface area contributed by atoms with E-state index in [0.29, 0.717) is 6.42 Å². The number of ether oxygens (including phenoxy) is 1. The topological polar surface area (TPSA) is 51.5 Å². The number of aromatic nitrogens is 1. The molecule has 0 spiro atoms. The highest BCUT2D eigenvalue weighted by atomic mass is 16.5. The van der Waals surface area contributed by atoms with Gasteiger partial charge in [-0.25, -0.2) is 0 Å². The molecule has 26 heavy (non-hydrogen) atoms. The normalized spacial score (nSPS) is 21.5. The van der Waals surface area contributed by atoms with Crippen LogP contribution < -0.4 is 0 Å². The number of aliphatic hydroxyl groups is 1. The van der Waals surface area contributed by atoms with Gasteiger partial charge in [0.25, 0.3) is 0 Å². The van der Waals surface area contributed by atoms with Crippen LogP contribution in [0.25, 0.3) is 0 Å². The molecule has 0 radical (unpaired) electrons. The Morgan fingerprint density at radius 2 is 1.88 bits per heavy atom. The van der Waals surface area contributed by atoms with E-state index in [4.69, 9.17) is 4.74 Å².